The highest BCUT2D eigenvalue weighted by Gasteiger charge is 2.31. The van der Waals surface area contributed by atoms with E-state index < -0.39 is 11.7 Å². The third kappa shape index (κ3) is 4.38. The molecule has 0 radical (unpaired) electrons. The third-order valence-electron chi connectivity index (χ3n) is 4.51. The van der Waals surface area contributed by atoms with Crippen LogP contribution in [0.3, 0.4) is 0 Å². The fourth-order valence-electron chi connectivity index (χ4n) is 3.19. The highest BCUT2D eigenvalue weighted by molar-refractivity contribution is 5.32. The van der Waals surface area contributed by atoms with Crippen molar-refractivity contribution in [2.45, 2.75) is 25.6 Å². The molecule has 1 N–H and O–H groups in total. The predicted octanol–water partition coefficient (Wildman–Crippen LogP) is 3.79. The Hall–Kier alpha value is -1.92. The molecule has 3 nitrogen and oxygen atoms in total. The minimum atomic E-state index is -4.32. The van der Waals surface area contributed by atoms with Gasteiger partial charge in [-0.1, -0.05) is 18.2 Å². The average molecular weight is 349 g/mol. The van der Waals surface area contributed by atoms with Gasteiger partial charge in [0.15, 0.2) is 0 Å². The number of rotatable bonds is 3. The van der Waals surface area contributed by atoms with Gasteiger partial charge >= 0.3 is 6.18 Å². The van der Waals surface area contributed by atoms with E-state index in [-0.39, 0.29) is 6.04 Å². The van der Waals surface area contributed by atoms with Crippen LogP contribution in [0.4, 0.5) is 13.2 Å². The van der Waals surface area contributed by atoms with Crippen LogP contribution in [-0.4, -0.2) is 36.1 Å². The number of aromatic nitrogens is 1. The highest BCUT2D eigenvalue weighted by atomic mass is 19.4. The summed E-state index contributed by atoms with van der Waals surface area (Å²) in [6.45, 7) is 5.51. The number of halogens is 3. The van der Waals surface area contributed by atoms with E-state index in [9.17, 15) is 13.2 Å². The van der Waals surface area contributed by atoms with Crippen molar-refractivity contribution < 1.29 is 13.2 Å². The lowest BCUT2D eigenvalue weighted by Gasteiger charge is -2.30. The molecule has 25 heavy (non-hydrogen) atoms. The normalized spacial score (nSPS) is 17.9. The molecule has 1 atom stereocenters. The Morgan fingerprint density at radius 3 is 2.44 bits per heavy atom. The van der Waals surface area contributed by atoms with Crippen LogP contribution in [0.25, 0.3) is 0 Å². The molecule has 2 heterocycles. The van der Waals surface area contributed by atoms with Crippen LogP contribution in [-0.2, 0) is 6.18 Å². The van der Waals surface area contributed by atoms with Crippen molar-refractivity contribution in [2.24, 2.45) is 0 Å². The van der Waals surface area contributed by atoms with Gasteiger partial charge in [0.2, 0.25) is 0 Å². The van der Waals surface area contributed by atoms with Crippen molar-refractivity contribution in [3.63, 3.8) is 0 Å². The summed E-state index contributed by atoms with van der Waals surface area (Å²) in [6, 6.07) is 9.30. The Labute approximate surface area is 145 Å². The maximum atomic E-state index is 12.9. The number of hydrogen-bond acceptors (Lipinski definition) is 3. The molecule has 1 aromatic heterocycles. The Bertz CT molecular complexity index is 673. The van der Waals surface area contributed by atoms with Crippen molar-refractivity contribution >= 4 is 0 Å². The minimum absolute atomic E-state index is 0.136. The molecule has 6 heteroatoms. The minimum Gasteiger partial charge on any atom is -0.315 e. The Balaban J connectivity index is 1.96. The molecular formula is C19H22F3N3. The summed E-state index contributed by atoms with van der Waals surface area (Å²) in [5.41, 5.74) is 2.15. The van der Waals surface area contributed by atoms with Crippen molar-refractivity contribution in [3.05, 3.63) is 65.0 Å². The van der Waals surface area contributed by atoms with Gasteiger partial charge in [0, 0.05) is 25.8 Å². The quantitative estimate of drug-likeness (QED) is 0.914. The van der Waals surface area contributed by atoms with E-state index in [0.29, 0.717) is 0 Å². The Morgan fingerprint density at radius 1 is 1.04 bits per heavy atom. The lowest BCUT2D eigenvalue weighted by atomic mass is 9.99. The third-order valence-corrected chi connectivity index (χ3v) is 4.51. The predicted molar refractivity (Wildman–Crippen MR) is 91.3 cm³/mol. The first-order valence-electron chi connectivity index (χ1n) is 8.49. The average Bonchev–Trinajstić information content (AvgIpc) is 2.86. The first-order chi connectivity index (χ1) is 11.9. The lowest BCUT2D eigenvalue weighted by molar-refractivity contribution is -0.137. The fourth-order valence-corrected chi connectivity index (χ4v) is 3.19. The molecule has 1 aromatic carbocycles. The summed E-state index contributed by atoms with van der Waals surface area (Å²) >= 11 is 0. The summed E-state index contributed by atoms with van der Waals surface area (Å²) in [4.78, 5) is 6.84. The van der Waals surface area contributed by atoms with Gasteiger partial charge in [-0.15, -0.1) is 0 Å². The second-order valence-electron chi connectivity index (χ2n) is 6.42. The van der Waals surface area contributed by atoms with Crippen molar-refractivity contribution in [2.75, 3.05) is 26.2 Å². The van der Waals surface area contributed by atoms with Gasteiger partial charge in [0.1, 0.15) is 0 Å². The van der Waals surface area contributed by atoms with Crippen LogP contribution < -0.4 is 5.32 Å². The fraction of sp³-hybridized carbons (Fsp3) is 0.421. The number of pyridine rings is 1. The van der Waals surface area contributed by atoms with E-state index in [1.165, 1.54) is 0 Å². The topological polar surface area (TPSA) is 28.2 Å². The van der Waals surface area contributed by atoms with E-state index in [1.807, 2.05) is 25.3 Å². The molecule has 1 aliphatic heterocycles. The van der Waals surface area contributed by atoms with Crippen LogP contribution in [0, 0.1) is 6.92 Å². The van der Waals surface area contributed by atoms with Crippen LogP contribution in [0.5, 0.6) is 0 Å². The number of alkyl halides is 3. The van der Waals surface area contributed by atoms with Gasteiger partial charge < -0.3 is 5.32 Å². The maximum absolute atomic E-state index is 12.9. The number of nitrogens with one attached hydrogen (secondary N) is 1. The van der Waals surface area contributed by atoms with E-state index in [2.05, 4.69) is 15.2 Å². The molecule has 3 rings (SSSR count). The molecule has 134 valence electrons. The van der Waals surface area contributed by atoms with E-state index in [0.717, 1.165) is 61.6 Å². The van der Waals surface area contributed by atoms with Gasteiger partial charge in [-0.2, -0.15) is 13.2 Å². The molecule has 0 aliphatic carbocycles. The zero-order valence-corrected chi connectivity index (χ0v) is 14.2. The second kappa shape index (κ2) is 7.54. The smallest absolute Gasteiger partial charge is 0.315 e. The second-order valence-corrected chi connectivity index (χ2v) is 6.42. The van der Waals surface area contributed by atoms with Crippen LogP contribution in [0.1, 0.15) is 34.8 Å². The van der Waals surface area contributed by atoms with E-state index >= 15 is 0 Å². The van der Waals surface area contributed by atoms with E-state index in [4.69, 9.17) is 0 Å². The van der Waals surface area contributed by atoms with Crippen LogP contribution in [0.2, 0.25) is 0 Å². The Kier molecular flexibility index (Phi) is 5.39. The largest absolute Gasteiger partial charge is 0.416 e. The number of nitrogens with zero attached hydrogens (tertiary/aromatic N) is 2. The van der Waals surface area contributed by atoms with Crippen LogP contribution in [0.15, 0.2) is 42.6 Å². The molecule has 1 unspecified atom stereocenters. The van der Waals surface area contributed by atoms with Crippen molar-refractivity contribution in [3.8, 4) is 0 Å². The summed E-state index contributed by atoms with van der Waals surface area (Å²) in [6.07, 6.45) is -1.51. The van der Waals surface area contributed by atoms with Crippen molar-refractivity contribution in [1.82, 2.24) is 15.2 Å². The number of hydrogen-bond donors (Lipinski definition) is 1. The zero-order chi connectivity index (χ0) is 17.9. The van der Waals surface area contributed by atoms with Crippen molar-refractivity contribution in [1.29, 1.82) is 0 Å². The summed E-state index contributed by atoms with van der Waals surface area (Å²) < 4.78 is 38.6. The van der Waals surface area contributed by atoms with Gasteiger partial charge in [-0.25, -0.2) is 0 Å². The molecule has 1 fully saturated rings. The lowest BCUT2D eigenvalue weighted by Crippen LogP contribution is -2.33. The molecule has 1 saturated heterocycles. The Morgan fingerprint density at radius 2 is 1.80 bits per heavy atom. The summed E-state index contributed by atoms with van der Waals surface area (Å²) in [7, 11) is 0. The number of aryl methyl sites for hydroxylation is 1. The number of benzene rings is 1. The molecule has 0 bridgehead atoms. The highest BCUT2D eigenvalue weighted by Crippen LogP contribution is 2.33. The molecule has 0 amide bonds. The first-order valence-corrected chi connectivity index (χ1v) is 8.49. The summed E-state index contributed by atoms with van der Waals surface area (Å²) in [5, 5.41) is 3.36. The maximum Gasteiger partial charge on any atom is 0.416 e. The molecule has 2 aromatic rings. The standard InChI is InChI=1S/C19H22F3N3/c1-14-3-8-17(24-13-14)18(25-11-2-9-23-10-12-25)15-4-6-16(7-5-15)19(20,21)22/h3-8,13,18,23H,2,9-12H2,1H3. The van der Waals surface area contributed by atoms with Gasteiger partial charge in [-0.05, 0) is 49.2 Å². The molecule has 1 aliphatic rings. The summed E-state index contributed by atoms with van der Waals surface area (Å²) in [5.74, 6) is 0. The molecule has 0 saturated carbocycles. The van der Waals surface area contributed by atoms with Gasteiger partial charge in [-0.3, -0.25) is 9.88 Å². The SMILES string of the molecule is Cc1ccc(C(c2ccc(C(F)(F)F)cc2)N2CCCNCC2)nc1. The van der Waals surface area contributed by atoms with E-state index in [1.54, 1.807) is 12.1 Å². The monoisotopic (exact) mass is 349 g/mol. The molecule has 0 spiro atoms. The molecular weight excluding hydrogens is 327 g/mol. The zero-order valence-electron chi connectivity index (χ0n) is 14.2. The van der Waals surface area contributed by atoms with Crippen LogP contribution >= 0.6 is 0 Å². The van der Waals surface area contributed by atoms with Gasteiger partial charge in [0.05, 0.1) is 17.3 Å². The first kappa shape index (κ1) is 17.9. The van der Waals surface area contributed by atoms with Gasteiger partial charge in [0.25, 0.3) is 0 Å².